The smallest absolute Gasteiger partial charge is 0.341 e. The fourth-order valence-corrected chi connectivity index (χ4v) is 1.60. The average molecular weight is 271 g/mol. The van der Waals surface area contributed by atoms with Gasteiger partial charge in [-0.25, -0.2) is 4.79 Å². The van der Waals surface area contributed by atoms with Crippen LogP contribution in [0, 0.1) is 0 Å². The number of rotatable bonds is 6. The minimum atomic E-state index is -0.463. The van der Waals surface area contributed by atoms with E-state index in [1.165, 1.54) is 7.11 Å². The summed E-state index contributed by atoms with van der Waals surface area (Å²) in [7, 11) is 1.47. The maximum Gasteiger partial charge on any atom is 0.341 e. The predicted octanol–water partition coefficient (Wildman–Crippen LogP) is 2.22. The Kier molecular flexibility index (Phi) is 5.65. The van der Waals surface area contributed by atoms with Crippen LogP contribution in [0.25, 0.3) is 0 Å². The van der Waals surface area contributed by atoms with E-state index in [0.29, 0.717) is 16.9 Å². The molecule has 0 saturated carbocycles. The highest BCUT2D eigenvalue weighted by molar-refractivity contribution is 6.27. The number of carbonyl (C=O) groups is 2. The molecule has 18 heavy (non-hydrogen) atoms. The number of alkyl halides is 1. The summed E-state index contributed by atoms with van der Waals surface area (Å²) in [4.78, 5) is 23.0. The predicted molar refractivity (Wildman–Crippen MR) is 68.4 cm³/mol. The summed E-state index contributed by atoms with van der Waals surface area (Å²) in [6.45, 7) is 2.01. The maximum atomic E-state index is 11.7. The van der Waals surface area contributed by atoms with E-state index in [-0.39, 0.29) is 24.7 Å². The van der Waals surface area contributed by atoms with Crippen molar-refractivity contribution in [1.29, 1.82) is 0 Å². The first-order chi connectivity index (χ1) is 8.62. The Morgan fingerprint density at radius 1 is 1.33 bits per heavy atom. The molecule has 0 bridgehead atoms. The fraction of sp³-hybridized carbons (Fsp3) is 0.385. The molecule has 0 N–H and O–H groups in total. The van der Waals surface area contributed by atoms with Crippen molar-refractivity contribution in [3.05, 3.63) is 29.3 Å². The Morgan fingerprint density at radius 2 is 2.06 bits per heavy atom. The molecule has 1 aromatic carbocycles. The van der Waals surface area contributed by atoms with Crippen molar-refractivity contribution in [1.82, 2.24) is 0 Å². The number of methoxy groups -OCH3 is 1. The quantitative estimate of drug-likeness (QED) is 0.587. The molecule has 0 aliphatic heterocycles. The van der Waals surface area contributed by atoms with E-state index in [9.17, 15) is 9.59 Å². The minimum absolute atomic E-state index is 0.0409. The molecule has 0 atom stereocenters. The van der Waals surface area contributed by atoms with Gasteiger partial charge in [0.1, 0.15) is 11.3 Å². The normalized spacial score (nSPS) is 9.94. The van der Waals surface area contributed by atoms with Crippen LogP contribution in [0.3, 0.4) is 0 Å². The van der Waals surface area contributed by atoms with Crippen LogP contribution in [-0.2, 0) is 16.0 Å². The Labute approximate surface area is 111 Å². The number of carbonyl (C=O) groups excluding carboxylic acids is 2. The van der Waals surface area contributed by atoms with Gasteiger partial charge < -0.3 is 9.47 Å². The lowest BCUT2D eigenvalue weighted by Gasteiger charge is -2.09. The summed E-state index contributed by atoms with van der Waals surface area (Å²) >= 11 is 5.45. The maximum absolute atomic E-state index is 11.7. The third-order valence-electron chi connectivity index (χ3n) is 2.31. The molecule has 1 rings (SSSR count). The fourth-order valence-electron chi connectivity index (χ4n) is 1.51. The monoisotopic (exact) mass is 270 g/mol. The van der Waals surface area contributed by atoms with Gasteiger partial charge in [-0.3, -0.25) is 4.79 Å². The van der Waals surface area contributed by atoms with Crippen molar-refractivity contribution >= 4 is 23.4 Å². The van der Waals surface area contributed by atoms with Gasteiger partial charge in [0.05, 0.1) is 19.6 Å². The summed E-state index contributed by atoms with van der Waals surface area (Å²) in [5.41, 5.74) is 1.03. The highest BCUT2D eigenvalue weighted by atomic mass is 35.5. The molecule has 0 aliphatic rings. The third-order valence-corrected chi connectivity index (χ3v) is 2.61. The third kappa shape index (κ3) is 3.74. The molecule has 0 saturated heterocycles. The molecule has 4 nitrogen and oxygen atoms in total. The molecule has 0 aromatic heterocycles. The van der Waals surface area contributed by atoms with Crippen LogP contribution in [0.15, 0.2) is 18.2 Å². The van der Waals surface area contributed by atoms with E-state index in [1.54, 1.807) is 25.1 Å². The zero-order chi connectivity index (χ0) is 13.5. The standard InChI is InChI=1S/C13H15ClO4/c1-3-18-13(16)11-7-9(6-10(15)8-14)4-5-12(11)17-2/h4-5,7H,3,6,8H2,1-2H3. The number of halogens is 1. The highest BCUT2D eigenvalue weighted by Crippen LogP contribution is 2.21. The number of esters is 1. The molecule has 0 aliphatic carbocycles. The Hall–Kier alpha value is -1.55. The summed E-state index contributed by atoms with van der Waals surface area (Å²) in [6, 6.07) is 4.97. The van der Waals surface area contributed by atoms with Gasteiger partial charge in [0.25, 0.3) is 0 Å². The Morgan fingerprint density at radius 3 is 2.61 bits per heavy atom. The molecule has 98 valence electrons. The van der Waals surface area contributed by atoms with Crippen molar-refractivity contribution in [2.75, 3.05) is 19.6 Å². The summed E-state index contributed by atoms with van der Waals surface area (Å²) in [5, 5.41) is 0. The zero-order valence-electron chi connectivity index (χ0n) is 10.4. The lowest BCUT2D eigenvalue weighted by atomic mass is 10.1. The van der Waals surface area contributed by atoms with Gasteiger partial charge in [0, 0.05) is 6.42 Å². The van der Waals surface area contributed by atoms with Gasteiger partial charge in [-0.1, -0.05) is 6.07 Å². The van der Waals surface area contributed by atoms with E-state index in [2.05, 4.69) is 0 Å². The first kappa shape index (κ1) is 14.5. The van der Waals surface area contributed by atoms with Crippen molar-refractivity contribution in [2.24, 2.45) is 0 Å². The second-order valence-corrected chi connectivity index (χ2v) is 3.87. The van der Waals surface area contributed by atoms with Gasteiger partial charge in [0.2, 0.25) is 0 Å². The number of Topliss-reactive ketones (excluding diaryl/α,β-unsaturated/α-hetero) is 1. The summed E-state index contributed by atoms with van der Waals surface area (Å²) < 4.78 is 10.0. The van der Waals surface area contributed by atoms with Crippen LogP contribution in [0.5, 0.6) is 5.75 Å². The number of hydrogen-bond acceptors (Lipinski definition) is 4. The molecule has 1 aromatic rings. The van der Waals surface area contributed by atoms with Crippen LogP contribution in [0.2, 0.25) is 0 Å². The van der Waals surface area contributed by atoms with Crippen molar-refractivity contribution < 1.29 is 19.1 Å². The molecule has 0 spiro atoms. The lowest BCUT2D eigenvalue weighted by Crippen LogP contribution is -2.09. The zero-order valence-corrected chi connectivity index (χ0v) is 11.1. The van der Waals surface area contributed by atoms with E-state index in [0.717, 1.165) is 0 Å². The highest BCUT2D eigenvalue weighted by Gasteiger charge is 2.15. The van der Waals surface area contributed by atoms with Crippen LogP contribution in [0.1, 0.15) is 22.8 Å². The lowest BCUT2D eigenvalue weighted by molar-refractivity contribution is -0.116. The molecule has 0 radical (unpaired) electrons. The minimum Gasteiger partial charge on any atom is -0.496 e. The van der Waals surface area contributed by atoms with Gasteiger partial charge in [-0.2, -0.15) is 0 Å². The number of ether oxygens (including phenoxy) is 2. The Bertz CT molecular complexity index is 443. The number of ketones is 1. The molecule has 0 heterocycles. The van der Waals surface area contributed by atoms with Crippen molar-refractivity contribution in [3.8, 4) is 5.75 Å². The van der Waals surface area contributed by atoms with Gasteiger partial charge in [-0.15, -0.1) is 11.6 Å². The molecular weight excluding hydrogens is 256 g/mol. The van der Waals surface area contributed by atoms with Crippen LogP contribution < -0.4 is 4.74 Å². The van der Waals surface area contributed by atoms with Gasteiger partial charge >= 0.3 is 5.97 Å². The second kappa shape index (κ2) is 7.01. The van der Waals surface area contributed by atoms with E-state index in [1.807, 2.05) is 0 Å². The van der Waals surface area contributed by atoms with Crippen molar-refractivity contribution in [2.45, 2.75) is 13.3 Å². The molecule has 0 amide bonds. The van der Waals surface area contributed by atoms with E-state index < -0.39 is 5.97 Å². The molecule has 5 heteroatoms. The largest absolute Gasteiger partial charge is 0.496 e. The van der Waals surface area contributed by atoms with Crippen molar-refractivity contribution in [3.63, 3.8) is 0 Å². The van der Waals surface area contributed by atoms with Crippen LogP contribution >= 0.6 is 11.6 Å². The van der Waals surface area contributed by atoms with E-state index >= 15 is 0 Å². The number of benzene rings is 1. The SMILES string of the molecule is CCOC(=O)c1cc(CC(=O)CCl)ccc1OC. The summed E-state index contributed by atoms with van der Waals surface area (Å²) in [5.74, 6) is -0.178. The molecule has 0 fully saturated rings. The molecular formula is C13H15ClO4. The Balaban J connectivity index is 3.01. The summed E-state index contributed by atoms with van der Waals surface area (Å²) in [6.07, 6.45) is 0.194. The topological polar surface area (TPSA) is 52.6 Å². The average Bonchev–Trinajstić information content (AvgIpc) is 2.38. The molecule has 0 unspecified atom stereocenters. The van der Waals surface area contributed by atoms with Crippen LogP contribution in [-0.4, -0.2) is 31.3 Å². The number of hydrogen-bond donors (Lipinski definition) is 0. The van der Waals surface area contributed by atoms with E-state index in [4.69, 9.17) is 21.1 Å². The first-order valence-electron chi connectivity index (χ1n) is 5.54. The first-order valence-corrected chi connectivity index (χ1v) is 6.07. The second-order valence-electron chi connectivity index (χ2n) is 3.60. The van der Waals surface area contributed by atoms with Gasteiger partial charge in [0.15, 0.2) is 5.78 Å². The van der Waals surface area contributed by atoms with Gasteiger partial charge in [-0.05, 0) is 24.6 Å². The van der Waals surface area contributed by atoms with Crippen LogP contribution in [0.4, 0.5) is 0 Å².